The van der Waals surface area contributed by atoms with Gasteiger partial charge in [0.2, 0.25) is 0 Å². The van der Waals surface area contributed by atoms with Crippen molar-refractivity contribution >= 4 is 17.2 Å². The molecule has 0 radical (unpaired) electrons. The molecule has 3 aromatic carbocycles. The lowest BCUT2D eigenvalue weighted by molar-refractivity contribution is 0.415. The molecule has 2 aromatic heterocycles. The molecule has 0 fully saturated rings. The smallest absolute Gasteiger partial charge is 0.282 e. The zero-order valence-electron chi connectivity index (χ0n) is 16.7. The molecule has 1 N–H and O–H groups in total. The number of nitrogens with one attached hydrogen (secondary N) is 1. The van der Waals surface area contributed by atoms with Gasteiger partial charge in [-0.15, -0.1) is 0 Å². The van der Waals surface area contributed by atoms with Crippen LogP contribution in [0.25, 0.3) is 39.2 Å². The van der Waals surface area contributed by atoms with E-state index in [0.717, 1.165) is 22.4 Å². The Morgan fingerprint density at radius 3 is 2.00 bits per heavy atom. The zero-order chi connectivity index (χ0) is 21.4. The molecular weight excluding hydrogens is 410 g/mol. The first-order valence-corrected chi connectivity index (χ1v) is 10.1. The van der Waals surface area contributed by atoms with Crippen LogP contribution < -0.4 is 10.3 Å². The summed E-state index contributed by atoms with van der Waals surface area (Å²) in [5.74, 6) is 0.701. The van der Waals surface area contributed by atoms with Crippen LogP contribution in [0.4, 0.5) is 0 Å². The van der Waals surface area contributed by atoms with Crippen molar-refractivity contribution in [3.63, 3.8) is 0 Å². The normalized spacial score (nSPS) is 11.0. The van der Waals surface area contributed by atoms with Crippen LogP contribution in [-0.2, 0) is 0 Å². The lowest BCUT2D eigenvalue weighted by Gasteiger charge is -2.06. The SMILES string of the molecule is COc1ccc(-c2c(Cl)nc3c(-c4ccccc4)c(-c4ccccc4)[nH]n3c2=O)cc1. The number of nitrogens with zero attached hydrogens (tertiary/aromatic N) is 2. The molecule has 0 aliphatic carbocycles. The van der Waals surface area contributed by atoms with Crippen molar-refractivity contribution in [1.82, 2.24) is 14.6 Å². The number of hydrogen-bond acceptors (Lipinski definition) is 3. The maximum atomic E-state index is 13.5. The van der Waals surface area contributed by atoms with Gasteiger partial charge < -0.3 is 4.74 Å². The number of aromatic amines is 1. The summed E-state index contributed by atoms with van der Waals surface area (Å²) in [7, 11) is 1.60. The highest BCUT2D eigenvalue weighted by Gasteiger charge is 2.21. The van der Waals surface area contributed by atoms with E-state index in [1.807, 2.05) is 60.7 Å². The largest absolute Gasteiger partial charge is 0.497 e. The van der Waals surface area contributed by atoms with E-state index in [2.05, 4.69) is 10.1 Å². The third-order valence-electron chi connectivity index (χ3n) is 5.24. The number of fused-ring (bicyclic) bond motifs is 1. The molecule has 2 heterocycles. The summed E-state index contributed by atoms with van der Waals surface area (Å²) in [4.78, 5) is 18.2. The van der Waals surface area contributed by atoms with Crippen molar-refractivity contribution < 1.29 is 4.74 Å². The summed E-state index contributed by atoms with van der Waals surface area (Å²) in [6.07, 6.45) is 0. The number of halogens is 1. The predicted molar refractivity (Wildman–Crippen MR) is 124 cm³/mol. The lowest BCUT2D eigenvalue weighted by Crippen LogP contribution is -2.18. The van der Waals surface area contributed by atoms with Gasteiger partial charge >= 0.3 is 0 Å². The third kappa shape index (κ3) is 3.29. The molecule has 0 unspecified atom stereocenters. The number of methoxy groups -OCH3 is 1. The number of H-pyrrole nitrogens is 1. The maximum Gasteiger partial charge on any atom is 0.282 e. The van der Waals surface area contributed by atoms with E-state index in [1.54, 1.807) is 31.4 Å². The molecule has 0 aliphatic rings. The second kappa shape index (κ2) is 7.78. The molecule has 0 aliphatic heterocycles. The topological polar surface area (TPSA) is 59.4 Å². The van der Waals surface area contributed by atoms with Crippen molar-refractivity contribution in [2.24, 2.45) is 0 Å². The van der Waals surface area contributed by atoms with Crippen molar-refractivity contribution in [2.75, 3.05) is 7.11 Å². The van der Waals surface area contributed by atoms with E-state index < -0.39 is 0 Å². The number of hydrogen-bond donors (Lipinski definition) is 1. The fraction of sp³-hybridized carbons (Fsp3) is 0.0400. The van der Waals surface area contributed by atoms with Crippen molar-refractivity contribution in [3.05, 3.63) is 100 Å². The quantitative estimate of drug-likeness (QED) is 0.375. The summed E-state index contributed by atoms with van der Waals surface area (Å²) in [6, 6.07) is 26.9. The van der Waals surface area contributed by atoms with Crippen LogP contribution in [0.1, 0.15) is 0 Å². The maximum absolute atomic E-state index is 13.5. The van der Waals surface area contributed by atoms with Gasteiger partial charge in [0.05, 0.1) is 23.9 Å². The fourth-order valence-corrected chi connectivity index (χ4v) is 4.01. The summed E-state index contributed by atoms with van der Waals surface area (Å²) in [6.45, 7) is 0. The Morgan fingerprint density at radius 2 is 1.39 bits per heavy atom. The first kappa shape index (κ1) is 19.2. The second-order valence-electron chi connectivity index (χ2n) is 7.06. The molecule has 0 bridgehead atoms. The van der Waals surface area contributed by atoms with E-state index in [9.17, 15) is 4.79 Å². The van der Waals surface area contributed by atoms with Gasteiger partial charge in [0, 0.05) is 5.56 Å². The van der Waals surface area contributed by atoms with Gasteiger partial charge in [0.1, 0.15) is 10.9 Å². The van der Waals surface area contributed by atoms with Crippen molar-refractivity contribution in [1.29, 1.82) is 0 Å². The standard InChI is InChI=1S/C25H18ClN3O2/c1-31-19-14-12-17(13-15-19)21-23(26)27-24-20(16-8-4-2-5-9-16)22(28-29(24)25(21)30)18-10-6-3-7-11-18/h2-15,28H,1H3. The third-order valence-corrected chi connectivity index (χ3v) is 5.51. The van der Waals surface area contributed by atoms with Crippen LogP contribution in [0.3, 0.4) is 0 Å². The number of aromatic nitrogens is 3. The van der Waals surface area contributed by atoms with Gasteiger partial charge in [-0.3, -0.25) is 9.89 Å². The van der Waals surface area contributed by atoms with Crippen LogP contribution in [0.5, 0.6) is 5.75 Å². The van der Waals surface area contributed by atoms with Crippen LogP contribution in [-0.4, -0.2) is 21.7 Å². The van der Waals surface area contributed by atoms with Gasteiger partial charge in [-0.25, -0.2) is 4.98 Å². The van der Waals surface area contributed by atoms with Crippen LogP contribution in [0, 0.1) is 0 Å². The highest BCUT2D eigenvalue weighted by Crippen LogP contribution is 2.35. The molecule has 152 valence electrons. The molecule has 0 amide bonds. The number of ether oxygens (including phenoxy) is 1. The second-order valence-corrected chi connectivity index (χ2v) is 7.42. The van der Waals surface area contributed by atoms with E-state index >= 15 is 0 Å². The average molecular weight is 428 g/mol. The highest BCUT2D eigenvalue weighted by atomic mass is 35.5. The van der Waals surface area contributed by atoms with Gasteiger partial charge in [0.15, 0.2) is 5.65 Å². The highest BCUT2D eigenvalue weighted by molar-refractivity contribution is 6.32. The minimum Gasteiger partial charge on any atom is -0.497 e. The molecule has 5 nitrogen and oxygen atoms in total. The summed E-state index contributed by atoms with van der Waals surface area (Å²) < 4.78 is 6.68. The molecule has 5 rings (SSSR count). The Kier molecular flexibility index (Phi) is 4.81. The van der Waals surface area contributed by atoms with Crippen LogP contribution in [0.2, 0.25) is 5.15 Å². The van der Waals surface area contributed by atoms with E-state index in [0.29, 0.717) is 22.5 Å². The molecule has 0 spiro atoms. The van der Waals surface area contributed by atoms with Crippen LogP contribution >= 0.6 is 11.6 Å². The van der Waals surface area contributed by atoms with Crippen LogP contribution in [0.15, 0.2) is 89.7 Å². The molecule has 0 saturated carbocycles. The molecule has 0 saturated heterocycles. The molecule has 5 aromatic rings. The van der Waals surface area contributed by atoms with Gasteiger partial charge in [-0.05, 0) is 23.3 Å². The van der Waals surface area contributed by atoms with E-state index in [-0.39, 0.29) is 10.7 Å². The first-order valence-electron chi connectivity index (χ1n) is 9.77. The monoisotopic (exact) mass is 427 g/mol. The van der Waals surface area contributed by atoms with E-state index in [4.69, 9.17) is 16.3 Å². The Labute approximate surface area is 183 Å². The average Bonchev–Trinajstić information content (AvgIpc) is 3.20. The van der Waals surface area contributed by atoms with Crippen molar-refractivity contribution in [2.45, 2.75) is 0 Å². The molecule has 6 heteroatoms. The summed E-state index contributed by atoms with van der Waals surface area (Å²) in [5.41, 5.74) is 4.76. The van der Waals surface area contributed by atoms with E-state index in [1.165, 1.54) is 4.52 Å². The van der Waals surface area contributed by atoms with Gasteiger partial charge in [-0.2, -0.15) is 4.52 Å². The number of rotatable bonds is 4. The minimum atomic E-state index is -0.264. The van der Waals surface area contributed by atoms with Gasteiger partial charge in [0.25, 0.3) is 5.56 Å². The molecule has 0 atom stereocenters. The zero-order valence-corrected chi connectivity index (χ0v) is 17.4. The Hall–Kier alpha value is -3.83. The Bertz CT molecular complexity index is 1420. The lowest BCUT2D eigenvalue weighted by atomic mass is 10.0. The summed E-state index contributed by atoms with van der Waals surface area (Å²) >= 11 is 6.56. The Morgan fingerprint density at radius 1 is 0.806 bits per heavy atom. The predicted octanol–water partition coefficient (Wildman–Crippen LogP) is 5.69. The minimum absolute atomic E-state index is 0.158. The van der Waals surface area contributed by atoms with Crippen molar-refractivity contribution in [3.8, 4) is 39.3 Å². The Balaban J connectivity index is 1.82. The molecular formula is C25H18ClN3O2. The number of benzene rings is 3. The molecule has 31 heavy (non-hydrogen) atoms. The van der Waals surface area contributed by atoms with Gasteiger partial charge in [-0.1, -0.05) is 84.4 Å². The first-order chi connectivity index (χ1) is 15.2. The summed E-state index contributed by atoms with van der Waals surface area (Å²) in [5, 5.41) is 3.42. The fourth-order valence-electron chi connectivity index (χ4n) is 3.74.